The zero-order valence-corrected chi connectivity index (χ0v) is 27.0. The number of hydrogen-bond donors (Lipinski definition) is 2. The molecule has 8 heteroatoms. The topological polar surface area (TPSA) is 103 Å². The van der Waals surface area contributed by atoms with Gasteiger partial charge in [0.05, 0.1) is 19.1 Å². The number of allylic oxidation sites excluding steroid dienone is 2. The Morgan fingerprint density at radius 1 is 0.878 bits per heavy atom. The zero-order valence-electron chi connectivity index (χ0n) is 27.0. The van der Waals surface area contributed by atoms with E-state index < -0.39 is 23.3 Å². The molecule has 0 saturated carbocycles. The number of hydrogen-bond acceptors (Lipinski definition) is 6. The first-order valence-corrected chi connectivity index (χ1v) is 16.2. The Morgan fingerprint density at radius 2 is 1.46 bits per heavy atom. The highest BCUT2D eigenvalue weighted by molar-refractivity contribution is 5.82. The lowest BCUT2D eigenvalue weighted by molar-refractivity contribution is -0.304. The summed E-state index contributed by atoms with van der Waals surface area (Å²) in [5.41, 5.74) is -0.474. The summed E-state index contributed by atoms with van der Waals surface area (Å²) in [5, 5.41) is 5.66. The summed E-state index contributed by atoms with van der Waals surface area (Å²) in [4.78, 5) is 36.9. The van der Waals surface area contributed by atoms with Crippen LogP contribution in [0, 0.1) is 5.41 Å². The molecule has 2 atom stereocenters. The van der Waals surface area contributed by atoms with Crippen molar-refractivity contribution in [3.05, 3.63) is 12.2 Å². The molecule has 0 aromatic heterocycles. The van der Waals surface area contributed by atoms with E-state index in [9.17, 15) is 14.4 Å². The molecule has 0 bridgehead atoms. The van der Waals surface area contributed by atoms with Gasteiger partial charge >= 0.3 is 5.97 Å². The third-order valence-corrected chi connectivity index (χ3v) is 7.34. The first kappa shape index (κ1) is 37.1. The fourth-order valence-electron chi connectivity index (χ4n) is 4.74. The largest absolute Gasteiger partial charge is 0.463 e. The van der Waals surface area contributed by atoms with Crippen LogP contribution in [-0.2, 0) is 28.6 Å². The Balaban J connectivity index is 2.02. The lowest BCUT2D eigenvalue weighted by Crippen LogP contribution is -2.56. The van der Waals surface area contributed by atoms with Crippen molar-refractivity contribution in [3.63, 3.8) is 0 Å². The molecule has 1 aliphatic heterocycles. The van der Waals surface area contributed by atoms with Crippen LogP contribution in [0.4, 0.5) is 0 Å². The molecular formula is C33H60N2O6. The molecule has 0 radical (unpaired) electrons. The Kier molecular flexibility index (Phi) is 18.9. The Bertz CT molecular complexity index is 780. The van der Waals surface area contributed by atoms with E-state index in [1.165, 1.54) is 57.8 Å². The number of unbranched alkanes of at least 4 members (excludes halogenated alkanes) is 11. The first-order valence-electron chi connectivity index (χ1n) is 16.2. The summed E-state index contributed by atoms with van der Waals surface area (Å²) in [6.07, 6.45) is 20.5. The van der Waals surface area contributed by atoms with Crippen LogP contribution in [0.1, 0.15) is 138 Å². The number of rotatable bonds is 22. The molecule has 0 spiro atoms. The van der Waals surface area contributed by atoms with Crippen molar-refractivity contribution in [1.29, 1.82) is 0 Å². The van der Waals surface area contributed by atoms with Crippen LogP contribution < -0.4 is 10.6 Å². The Hall–Kier alpha value is -1.93. The molecule has 1 heterocycles. The van der Waals surface area contributed by atoms with E-state index in [0.717, 1.165) is 25.7 Å². The first-order chi connectivity index (χ1) is 19.5. The van der Waals surface area contributed by atoms with E-state index in [-0.39, 0.29) is 37.4 Å². The molecule has 0 aromatic rings. The molecule has 0 aliphatic carbocycles. The van der Waals surface area contributed by atoms with Gasteiger partial charge in [0.25, 0.3) is 0 Å². The van der Waals surface area contributed by atoms with Crippen molar-refractivity contribution in [2.24, 2.45) is 5.41 Å². The van der Waals surface area contributed by atoms with E-state index in [1.54, 1.807) is 13.8 Å². The molecule has 1 saturated heterocycles. The van der Waals surface area contributed by atoms with E-state index in [4.69, 9.17) is 14.2 Å². The standard InChI is InChI=1S/C33H60N2O6/c1-7-8-9-10-11-12-13-14-15-16-17-18-19-20-21-22-28(36)35-27(2)25-39-29(37)23-24-34-31(38)30-32(3,4)26-40-33(5,6)41-30/h14-15,27,30H,7-13,16-26H2,1-6H3,(H,34,38)(H,35,36)/b15-14-. The number of ether oxygens (including phenoxy) is 3. The average Bonchev–Trinajstić information content (AvgIpc) is 2.91. The maximum Gasteiger partial charge on any atom is 0.307 e. The van der Waals surface area contributed by atoms with Crippen molar-refractivity contribution in [1.82, 2.24) is 10.6 Å². The second kappa shape index (κ2) is 20.9. The van der Waals surface area contributed by atoms with Crippen molar-refractivity contribution < 1.29 is 28.6 Å². The van der Waals surface area contributed by atoms with Crippen LogP contribution in [0.5, 0.6) is 0 Å². The van der Waals surface area contributed by atoms with Crippen molar-refractivity contribution in [2.45, 2.75) is 156 Å². The molecule has 2 unspecified atom stereocenters. The van der Waals surface area contributed by atoms with Crippen molar-refractivity contribution >= 4 is 17.8 Å². The van der Waals surface area contributed by atoms with E-state index in [2.05, 4.69) is 29.7 Å². The molecular weight excluding hydrogens is 520 g/mol. The molecule has 2 amide bonds. The van der Waals surface area contributed by atoms with Crippen LogP contribution >= 0.6 is 0 Å². The van der Waals surface area contributed by atoms with Gasteiger partial charge in [0.15, 0.2) is 5.79 Å². The van der Waals surface area contributed by atoms with Gasteiger partial charge in [0.2, 0.25) is 11.8 Å². The van der Waals surface area contributed by atoms with Crippen molar-refractivity contribution in [3.8, 4) is 0 Å². The minimum absolute atomic E-state index is 0.0135. The van der Waals surface area contributed by atoms with Crippen LogP contribution in [-0.4, -0.2) is 55.5 Å². The monoisotopic (exact) mass is 580 g/mol. The van der Waals surface area contributed by atoms with Gasteiger partial charge in [-0.3, -0.25) is 14.4 Å². The Morgan fingerprint density at radius 3 is 2.10 bits per heavy atom. The van der Waals surface area contributed by atoms with Gasteiger partial charge in [-0.1, -0.05) is 84.3 Å². The fourth-order valence-corrected chi connectivity index (χ4v) is 4.74. The number of amides is 2. The lowest BCUT2D eigenvalue weighted by atomic mass is 9.85. The summed E-state index contributed by atoms with van der Waals surface area (Å²) < 4.78 is 16.7. The smallest absolute Gasteiger partial charge is 0.307 e. The van der Waals surface area contributed by atoms with Crippen LogP contribution in [0.25, 0.3) is 0 Å². The molecule has 2 N–H and O–H groups in total. The van der Waals surface area contributed by atoms with Crippen LogP contribution in [0.15, 0.2) is 12.2 Å². The van der Waals surface area contributed by atoms with Crippen LogP contribution in [0.2, 0.25) is 0 Å². The van der Waals surface area contributed by atoms with Gasteiger partial charge in [-0.15, -0.1) is 0 Å². The van der Waals surface area contributed by atoms with Crippen LogP contribution in [0.3, 0.4) is 0 Å². The quantitative estimate of drug-likeness (QED) is 0.0834. The molecule has 0 aromatic carbocycles. The number of carbonyl (C=O) groups is 3. The predicted molar refractivity (Wildman–Crippen MR) is 164 cm³/mol. The zero-order chi connectivity index (χ0) is 30.6. The molecule has 41 heavy (non-hydrogen) atoms. The average molecular weight is 581 g/mol. The SMILES string of the molecule is CCCCCCCC/C=C\CCCCCCCC(=O)NC(C)COC(=O)CCNC(=O)C1OC(C)(C)OCC1(C)C. The van der Waals surface area contributed by atoms with Gasteiger partial charge in [-0.05, 0) is 52.9 Å². The third-order valence-electron chi connectivity index (χ3n) is 7.34. The highest BCUT2D eigenvalue weighted by Gasteiger charge is 2.45. The van der Waals surface area contributed by atoms with Gasteiger partial charge in [-0.25, -0.2) is 0 Å². The van der Waals surface area contributed by atoms with Gasteiger partial charge in [-0.2, -0.15) is 0 Å². The normalized spacial score (nSPS) is 18.6. The lowest BCUT2D eigenvalue weighted by Gasteiger charge is -2.44. The summed E-state index contributed by atoms with van der Waals surface area (Å²) in [5.74, 6) is -1.53. The number of esters is 1. The Labute approximate surface area is 250 Å². The second-order valence-corrected chi connectivity index (χ2v) is 12.7. The predicted octanol–water partition coefficient (Wildman–Crippen LogP) is 6.76. The number of nitrogens with one attached hydrogen (secondary N) is 2. The highest BCUT2D eigenvalue weighted by atomic mass is 16.7. The van der Waals surface area contributed by atoms with Crippen molar-refractivity contribution in [2.75, 3.05) is 19.8 Å². The third kappa shape index (κ3) is 18.3. The second-order valence-electron chi connectivity index (χ2n) is 12.7. The van der Waals surface area contributed by atoms with Gasteiger partial charge in [0.1, 0.15) is 12.7 Å². The molecule has 1 rings (SSSR count). The number of carbonyl (C=O) groups excluding carboxylic acids is 3. The van der Waals surface area contributed by atoms with E-state index in [0.29, 0.717) is 13.0 Å². The maximum absolute atomic E-state index is 12.6. The molecule has 1 aliphatic rings. The minimum Gasteiger partial charge on any atom is -0.463 e. The van der Waals surface area contributed by atoms with E-state index >= 15 is 0 Å². The summed E-state index contributed by atoms with van der Waals surface area (Å²) in [6, 6.07) is -0.261. The molecule has 1 fully saturated rings. The summed E-state index contributed by atoms with van der Waals surface area (Å²) in [6.45, 7) is 12.1. The molecule has 8 nitrogen and oxygen atoms in total. The minimum atomic E-state index is -0.832. The maximum atomic E-state index is 12.6. The fraction of sp³-hybridized carbons (Fsp3) is 0.848. The molecule has 238 valence electrons. The summed E-state index contributed by atoms with van der Waals surface area (Å²) in [7, 11) is 0. The summed E-state index contributed by atoms with van der Waals surface area (Å²) >= 11 is 0. The van der Waals surface area contributed by atoms with E-state index in [1.807, 2.05) is 20.8 Å². The van der Waals surface area contributed by atoms with Gasteiger partial charge in [0, 0.05) is 18.4 Å². The van der Waals surface area contributed by atoms with Gasteiger partial charge < -0.3 is 24.8 Å². The highest BCUT2D eigenvalue weighted by Crippen LogP contribution is 2.34.